The molecule has 6 heteroatoms. The maximum atomic E-state index is 10.9. The third kappa shape index (κ3) is 2.65. The van der Waals surface area contributed by atoms with Crippen molar-refractivity contribution in [2.24, 2.45) is 0 Å². The van der Waals surface area contributed by atoms with E-state index in [1.54, 1.807) is 25.1 Å². The molecule has 0 saturated carbocycles. The molecule has 1 heterocycles. The highest BCUT2D eigenvalue weighted by Gasteiger charge is 2.08. The van der Waals surface area contributed by atoms with Crippen LogP contribution in [0.3, 0.4) is 0 Å². The molecular weight excluding hydrogens is 236 g/mol. The Morgan fingerprint density at radius 1 is 1.39 bits per heavy atom. The van der Waals surface area contributed by atoms with Crippen LogP contribution in [-0.2, 0) is 6.61 Å². The molecule has 1 aromatic carbocycles. The lowest BCUT2D eigenvalue weighted by molar-refractivity contribution is 0.111. The fourth-order valence-electron chi connectivity index (χ4n) is 1.41. The zero-order valence-electron chi connectivity index (χ0n) is 10.0. The van der Waals surface area contributed by atoms with Gasteiger partial charge in [-0.1, -0.05) is 0 Å². The van der Waals surface area contributed by atoms with Crippen molar-refractivity contribution in [2.45, 2.75) is 13.5 Å². The maximum absolute atomic E-state index is 10.9. The quantitative estimate of drug-likeness (QED) is 0.751. The van der Waals surface area contributed by atoms with Crippen LogP contribution in [0.1, 0.15) is 22.1 Å². The van der Waals surface area contributed by atoms with Gasteiger partial charge in [-0.3, -0.25) is 4.79 Å². The van der Waals surface area contributed by atoms with E-state index in [0.29, 0.717) is 35.1 Å². The Bertz CT molecular complexity index is 551. The van der Waals surface area contributed by atoms with E-state index in [2.05, 4.69) is 10.2 Å². The van der Waals surface area contributed by atoms with E-state index < -0.39 is 0 Å². The molecule has 0 aliphatic heterocycles. The summed E-state index contributed by atoms with van der Waals surface area (Å²) in [6, 6.07) is 4.97. The van der Waals surface area contributed by atoms with Gasteiger partial charge in [-0.25, -0.2) is 0 Å². The Balaban J connectivity index is 2.11. The highest BCUT2D eigenvalue weighted by Crippen LogP contribution is 2.23. The number of nitrogens with zero attached hydrogens (tertiary/aromatic N) is 2. The molecule has 0 atom stereocenters. The van der Waals surface area contributed by atoms with E-state index in [9.17, 15) is 4.79 Å². The number of aromatic nitrogens is 2. The Morgan fingerprint density at radius 2 is 2.22 bits per heavy atom. The smallest absolute Gasteiger partial charge is 0.253 e. The monoisotopic (exact) mass is 248 g/mol. The second kappa shape index (κ2) is 5.31. The SMILES string of the molecule is COc1ccc(OCc2nnc(C)o2)c(C=O)c1. The number of carbonyl (C=O) groups is 1. The number of rotatable bonds is 5. The van der Waals surface area contributed by atoms with Gasteiger partial charge in [0.2, 0.25) is 5.89 Å². The van der Waals surface area contributed by atoms with Gasteiger partial charge >= 0.3 is 0 Å². The molecule has 0 bridgehead atoms. The van der Waals surface area contributed by atoms with Crippen LogP contribution >= 0.6 is 0 Å². The fraction of sp³-hybridized carbons (Fsp3) is 0.250. The van der Waals surface area contributed by atoms with Crippen LogP contribution in [0.25, 0.3) is 0 Å². The molecule has 94 valence electrons. The highest BCUT2D eigenvalue weighted by molar-refractivity contribution is 5.80. The summed E-state index contributed by atoms with van der Waals surface area (Å²) >= 11 is 0. The summed E-state index contributed by atoms with van der Waals surface area (Å²) in [5.74, 6) is 1.87. The second-order valence-corrected chi connectivity index (χ2v) is 3.53. The van der Waals surface area contributed by atoms with Crippen molar-refractivity contribution in [3.05, 3.63) is 35.5 Å². The van der Waals surface area contributed by atoms with Crippen LogP contribution in [0, 0.1) is 6.92 Å². The van der Waals surface area contributed by atoms with Crippen LogP contribution < -0.4 is 9.47 Å². The van der Waals surface area contributed by atoms with Gasteiger partial charge < -0.3 is 13.9 Å². The zero-order chi connectivity index (χ0) is 13.0. The molecule has 6 nitrogen and oxygen atoms in total. The highest BCUT2D eigenvalue weighted by atomic mass is 16.5. The van der Waals surface area contributed by atoms with E-state index >= 15 is 0 Å². The third-order valence-electron chi connectivity index (χ3n) is 2.26. The average molecular weight is 248 g/mol. The molecule has 0 fully saturated rings. The topological polar surface area (TPSA) is 74.5 Å². The minimum absolute atomic E-state index is 0.119. The Morgan fingerprint density at radius 3 is 2.83 bits per heavy atom. The fourth-order valence-corrected chi connectivity index (χ4v) is 1.41. The van der Waals surface area contributed by atoms with Crippen molar-refractivity contribution >= 4 is 6.29 Å². The summed E-state index contributed by atoms with van der Waals surface area (Å²) in [5.41, 5.74) is 0.408. The normalized spacial score (nSPS) is 10.1. The summed E-state index contributed by atoms with van der Waals surface area (Å²) in [4.78, 5) is 10.9. The molecule has 0 saturated heterocycles. The van der Waals surface area contributed by atoms with Gasteiger partial charge in [0.25, 0.3) is 5.89 Å². The third-order valence-corrected chi connectivity index (χ3v) is 2.26. The van der Waals surface area contributed by atoms with Crippen LogP contribution in [0.5, 0.6) is 11.5 Å². The molecule has 0 spiro atoms. The number of ether oxygens (including phenoxy) is 2. The minimum atomic E-state index is 0.119. The Kier molecular flexibility index (Phi) is 3.57. The molecule has 0 unspecified atom stereocenters. The van der Waals surface area contributed by atoms with Gasteiger partial charge in [-0.15, -0.1) is 10.2 Å². The molecule has 0 amide bonds. The number of aldehydes is 1. The van der Waals surface area contributed by atoms with Crippen LogP contribution in [-0.4, -0.2) is 23.6 Å². The first-order valence-corrected chi connectivity index (χ1v) is 5.28. The van der Waals surface area contributed by atoms with Gasteiger partial charge in [0, 0.05) is 6.92 Å². The predicted molar refractivity (Wildman–Crippen MR) is 61.7 cm³/mol. The lowest BCUT2D eigenvalue weighted by Crippen LogP contribution is -1.99. The van der Waals surface area contributed by atoms with Crippen LogP contribution in [0.15, 0.2) is 22.6 Å². The van der Waals surface area contributed by atoms with Gasteiger partial charge in [0.05, 0.1) is 12.7 Å². The summed E-state index contributed by atoms with van der Waals surface area (Å²) in [7, 11) is 1.53. The molecule has 0 aliphatic carbocycles. The van der Waals surface area contributed by atoms with Gasteiger partial charge in [0.15, 0.2) is 12.9 Å². The van der Waals surface area contributed by atoms with E-state index in [1.807, 2.05) is 0 Å². The number of aryl methyl sites for hydroxylation is 1. The maximum Gasteiger partial charge on any atom is 0.253 e. The number of hydrogen-bond acceptors (Lipinski definition) is 6. The number of carbonyl (C=O) groups excluding carboxylic acids is 1. The van der Waals surface area contributed by atoms with Crippen molar-refractivity contribution in [1.82, 2.24) is 10.2 Å². The lowest BCUT2D eigenvalue weighted by atomic mass is 10.2. The molecule has 0 radical (unpaired) electrons. The number of methoxy groups -OCH3 is 1. The Hall–Kier alpha value is -2.37. The van der Waals surface area contributed by atoms with E-state index in [4.69, 9.17) is 13.9 Å². The van der Waals surface area contributed by atoms with Gasteiger partial charge in [0.1, 0.15) is 11.5 Å². The summed E-state index contributed by atoms with van der Waals surface area (Å²) < 4.78 is 15.6. The van der Waals surface area contributed by atoms with Gasteiger partial charge in [-0.2, -0.15) is 0 Å². The summed E-state index contributed by atoms with van der Waals surface area (Å²) in [5, 5.41) is 7.48. The largest absolute Gasteiger partial charge is 0.497 e. The van der Waals surface area contributed by atoms with E-state index in [0.717, 1.165) is 0 Å². The molecule has 18 heavy (non-hydrogen) atoms. The van der Waals surface area contributed by atoms with Crippen molar-refractivity contribution in [2.75, 3.05) is 7.11 Å². The number of hydrogen-bond donors (Lipinski definition) is 0. The standard InChI is InChI=1S/C12H12N2O4/c1-8-13-14-12(18-8)7-17-11-4-3-10(16-2)5-9(11)6-15/h3-6H,7H2,1-2H3. The first kappa shape index (κ1) is 12.1. The molecule has 0 N–H and O–H groups in total. The minimum Gasteiger partial charge on any atom is -0.497 e. The Labute approximate surface area is 104 Å². The molecule has 2 aromatic rings. The van der Waals surface area contributed by atoms with Crippen molar-refractivity contribution < 1.29 is 18.7 Å². The molecule has 2 rings (SSSR count). The van der Waals surface area contributed by atoms with Gasteiger partial charge in [-0.05, 0) is 18.2 Å². The second-order valence-electron chi connectivity index (χ2n) is 3.53. The first-order valence-electron chi connectivity index (χ1n) is 5.28. The lowest BCUT2D eigenvalue weighted by Gasteiger charge is -2.07. The first-order chi connectivity index (χ1) is 8.72. The number of benzene rings is 1. The summed E-state index contributed by atoms with van der Waals surface area (Å²) in [6.45, 7) is 1.81. The predicted octanol–water partition coefficient (Wildman–Crippen LogP) is 1.78. The molecule has 1 aromatic heterocycles. The molecular formula is C12H12N2O4. The van der Waals surface area contributed by atoms with E-state index in [-0.39, 0.29) is 6.61 Å². The van der Waals surface area contributed by atoms with E-state index in [1.165, 1.54) is 7.11 Å². The molecule has 0 aliphatic rings. The van der Waals surface area contributed by atoms with Crippen molar-refractivity contribution in [3.8, 4) is 11.5 Å². The van der Waals surface area contributed by atoms with Crippen LogP contribution in [0.2, 0.25) is 0 Å². The summed E-state index contributed by atoms with van der Waals surface area (Å²) in [6.07, 6.45) is 0.705. The van der Waals surface area contributed by atoms with Crippen molar-refractivity contribution in [3.63, 3.8) is 0 Å². The van der Waals surface area contributed by atoms with Crippen molar-refractivity contribution in [1.29, 1.82) is 0 Å². The average Bonchev–Trinajstić information content (AvgIpc) is 2.82. The zero-order valence-corrected chi connectivity index (χ0v) is 10.0. The van der Waals surface area contributed by atoms with Crippen LogP contribution in [0.4, 0.5) is 0 Å².